The van der Waals surface area contributed by atoms with Gasteiger partial charge in [0.2, 0.25) is 0 Å². The standard InChI is InChI=1S/C12H23N/c1-5-13-12-7-6-10(8-12)11(3,4)9(12)2/h9-10,13H,5-8H2,1-4H3/t9-,10-,12-/m0/s1. The predicted octanol–water partition coefficient (Wildman–Crippen LogP) is 2.81. The van der Waals surface area contributed by atoms with Crippen molar-refractivity contribution in [1.29, 1.82) is 0 Å². The summed E-state index contributed by atoms with van der Waals surface area (Å²) < 4.78 is 0. The van der Waals surface area contributed by atoms with Crippen molar-refractivity contribution >= 4 is 0 Å². The van der Waals surface area contributed by atoms with Gasteiger partial charge in [-0.25, -0.2) is 0 Å². The Hall–Kier alpha value is -0.0400. The van der Waals surface area contributed by atoms with Gasteiger partial charge in [0.25, 0.3) is 0 Å². The van der Waals surface area contributed by atoms with Gasteiger partial charge in [-0.05, 0) is 43.1 Å². The maximum absolute atomic E-state index is 3.75. The first kappa shape index (κ1) is 9.51. The Balaban J connectivity index is 2.24. The van der Waals surface area contributed by atoms with Crippen LogP contribution in [0.4, 0.5) is 0 Å². The molecule has 0 saturated heterocycles. The van der Waals surface area contributed by atoms with Crippen LogP contribution in [-0.4, -0.2) is 12.1 Å². The lowest BCUT2D eigenvalue weighted by Gasteiger charge is -2.42. The summed E-state index contributed by atoms with van der Waals surface area (Å²) >= 11 is 0. The minimum Gasteiger partial charge on any atom is -0.311 e. The third kappa shape index (κ3) is 1.09. The van der Waals surface area contributed by atoms with E-state index in [1.807, 2.05) is 0 Å². The SMILES string of the molecule is CCN[C@@]12CC[C@@H](C1)C(C)(C)[C@@H]2C. The Morgan fingerprint density at radius 2 is 2.08 bits per heavy atom. The lowest BCUT2D eigenvalue weighted by molar-refractivity contribution is 0.105. The van der Waals surface area contributed by atoms with Crippen LogP contribution in [0.15, 0.2) is 0 Å². The minimum atomic E-state index is 0.503. The molecule has 3 atom stereocenters. The fourth-order valence-electron chi connectivity index (χ4n) is 3.84. The van der Waals surface area contributed by atoms with Gasteiger partial charge >= 0.3 is 0 Å². The van der Waals surface area contributed by atoms with Gasteiger partial charge < -0.3 is 5.32 Å². The fraction of sp³-hybridized carbons (Fsp3) is 1.00. The highest BCUT2D eigenvalue weighted by molar-refractivity contribution is 5.13. The van der Waals surface area contributed by atoms with Crippen molar-refractivity contribution in [2.75, 3.05) is 6.54 Å². The van der Waals surface area contributed by atoms with Gasteiger partial charge in [0.15, 0.2) is 0 Å². The van der Waals surface area contributed by atoms with E-state index in [1.54, 1.807) is 0 Å². The average molecular weight is 181 g/mol. The molecule has 0 aliphatic heterocycles. The summed E-state index contributed by atoms with van der Waals surface area (Å²) in [6.07, 6.45) is 4.29. The topological polar surface area (TPSA) is 12.0 Å². The first-order chi connectivity index (χ1) is 6.03. The molecule has 0 heterocycles. The Morgan fingerprint density at radius 3 is 2.54 bits per heavy atom. The van der Waals surface area contributed by atoms with Gasteiger partial charge in [0.1, 0.15) is 0 Å². The largest absolute Gasteiger partial charge is 0.311 e. The Kier molecular flexibility index (Phi) is 1.99. The van der Waals surface area contributed by atoms with Crippen molar-refractivity contribution in [2.45, 2.75) is 52.5 Å². The van der Waals surface area contributed by atoms with Crippen LogP contribution in [0.1, 0.15) is 47.0 Å². The molecule has 1 N–H and O–H groups in total. The molecule has 0 radical (unpaired) electrons. The van der Waals surface area contributed by atoms with E-state index < -0.39 is 0 Å². The molecule has 0 aromatic heterocycles. The molecular weight excluding hydrogens is 158 g/mol. The Bertz CT molecular complexity index is 209. The highest BCUT2D eigenvalue weighted by atomic mass is 15.0. The highest BCUT2D eigenvalue weighted by Gasteiger charge is 2.58. The van der Waals surface area contributed by atoms with Crippen LogP contribution in [-0.2, 0) is 0 Å². The first-order valence-electron chi connectivity index (χ1n) is 5.78. The van der Waals surface area contributed by atoms with Crippen LogP contribution < -0.4 is 5.32 Å². The van der Waals surface area contributed by atoms with E-state index in [0.717, 1.165) is 18.4 Å². The van der Waals surface area contributed by atoms with E-state index in [1.165, 1.54) is 19.3 Å². The van der Waals surface area contributed by atoms with Crippen LogP contribution >= 0.6 is 0 Å². The van der Waals surface area contributed by atoms with Crippen molar-refractivity contribution < 1.29 is 0 Å². The maximum atomic E-state index is 3.75. The third-order valence-corrected chi connectivity index (χ3v) is 5.08. The molecule has 76 valence electrons. The normalized spacial score (nSPS) is 47.1. The molecule has 2 rings (SSSR count). The zero-order valence-electron chi connectivity index (χ0n) is 9.48. The van der Waals surface area contributed by atoms with Crippen molar-refractivity contribution in [3.8, 4) is 0 Å². The van der Waals surface area contributed by atoms with E-state index in [9.17, 15) is 0 Å². The van der Waals surface area contributed by atoms with Crippen molar-refractivity contribution in [3.05, 3.63) is 0 Å². The Labute approximate surface area is 82.3 Å². The number of nitrogens with one attached hydrogen (secondary N) is 1. The molecule has 1 nitrogen and oxygen atoms in total. The summed E-state index contributed by atoms with van der Waals surface area (Å²) in [4.78, 5) is 0. The molecule has 0 spiro atoms. The molecule has 0 aromatic rings. The zero-order chi connectivity index (χ0) is 9.69. The number of hydrogen-bond donors (Lipinski definition) is 1. The van der Waals surface area contributed by atoms with E-state index in [0.29, 0.717) is 11.0 Å². The molecule has 2 saturated carbocycles. The van der Waals surface area contributed by atoms with Crippen LogP contribution in [0, 0.1) is 17.3 Å². The van der Waals surface area contributed by atoms with Crippen molar-refractivity contribution in [2.24, 2.45) is 17.3 Å². The van der Waals surface area contributed by atoms with E-state index in [2.05, 4.69) is 33.0 Å². The molecule has 0 amide bonds. The summed E-state index contributed by atoms with van der Waals surface area (Å²) in [5, 5.41) is 3.75. The van der Waals surface area contributed by atoms with Gasteiger partial charge in [0.05, 0.1) is 0 Å². The monoisotopic (exact) mass is 181 g/mol. The second kappa shape index (κ2) is 2.73. The highest BCUT2D eigenvalue weighted by Crippen LogP contribution is 2.61. The third-order valence-electron chi connectivity index (χ3n) is 5.08. The van der Waals surface area contributed by atoms with Crippen molar-refractivity contribution in [1.82, 2.24) is 5.32 Å². The second-order valence-electron chi connectivity index (χ2n) is 5.67. The fourth-order valence-corrected chi connectivity index (χ4v) is 3.84. The van der Waals surface area contributed by atoms with Crippen LogP contribution in [0.2, 0.25) is 0 Å². The minimum absolute atomic E-state index is 0.503. The van der Waals surface area contributed by atoms with Crippen LogP contribution in [0.3, 0.4) is 0 Å². The average Bonchev–Trinajstić information content (AvgIpc) is 2.55. The predicted molar refractivity (Wildman–Crippen MR) is 56.7 cm³/mol. The first-order valence-corrected chi connectivity index (χ1v) is 5.78. The van der Waals surface area contributed by atoms with Gasteiger partial charge in [-0.15, -0.1) is 0 Å². The molecular formula is C12H23N. The quantitative estimate of drug-likeness (QED) is 0.690. The molecule has 0 aromatic carbocycles. The molecule has 1 heteroatoms. The van der Waals surface area contributed by atoms with Gasteiger partial charge in [0, 0.05) is 5.54 Å². The summed E-state index contributed by atoms with van der Waals surface area (Å²) in [6, 6.07) is 0. The number of fused-ring (bicyclic) bond motifs is 2. The molecule has 2 fully saturated rings. The van der Waals surface area contributed by atoms with E-state index in [4.69, 9.17) is 0 Å². The lowest BCUT2D eigenvalue weighted by Crippen LogP contribution is -2.49. The van der Waals surface area contributed by atoms with Crippen LogP contribution in [0.5, 0.6) is 0 Å². The van der Waals surface area contributed by atoms with Gasteiger partial charge in [-0.3, -0.25) is 0 Å². The maximum Gasteiger partial charge on any atom is 0.0215 e. The summed E-state index contributed by atoms with van der Waals surface area (Å²) in [5.41, 5.74) is 1.07. The molecule has 0 unspecified atom stereocenters. The summed E-state index contributed by atoms with van der Waals surface area (Å²) in [5.74, 6) is 1.82. The zero-order valence-corrected chi connectivity index (χ0v) is 9.48. The molecule has 2 aliphatic carbocycles. The Morgan fingerprint density at radius 1 is 1.38 bits per heavy atom. The van der Waals surface area contributed by atoms with Gasteiger partial charge in [-0.2, -0.15) is 0 Å². The molecule has 2 bridgehead atoms. The lowest BCUT2D eigenvalue weighted by atomic mass is 9.67. The number of rotatable bonds is 2. The molecule has 2 aliphatic rings. The summed E-state index contributed by atoms with van der Waals surface area (Å²) in [6.45, 7) is 10.7. The van der Waals surface area contributed by atoms with Crippen LogP contribution in [0.25, 0.3) is 0 Å². The van der Waals surface area contributed by atoms with Gasteiger partial charge in [-0.1, -0.05) is 27.7 Å². The second-order valence-corrected chi connectivity index (χ2v) is 5.67. The van der Waals surface area contributed by atoms with Crippen molar-refractivity contribution in [3.63, 3.8) is 0 Å². The summed E-state index contributed by atoms with van der Waals surface area (Å²) in [7, 11) is 0. The van der Waals surface area contributed by atoms with E-state index in [-0.39, 0.29) is 0 Å². The molecule has 13 heavy (non-hydrogen) atoms. The smallest absolute Gasteiger partial charge is 0.0215 e. The number of hydrogen-bond acceptors (Lipinski definition) is 1. The van der Waals surface area contributed by atoms with E-state index >= 15 is 0 Å².